The van der Waals surface area contributed by atoms with E-state index < -0.39 is 5.97 Å². The Morgan fingerprint density at radius 1 is 1.52 bits per heavy atom. The molecular formula is C15H14BrNO3S. The molecule has 0 bridgehead atoms. The van der Waals surface area contributed by atoms with Crippen LogP contribution in [-0.2, 0) is 17.8 Å². The third kappa shape index (κ3) is 4.41. The summed E-state index contributed by atoms with van der Waals surface area (Å²) in [5, 5.41) is 11.8. The Balaban J connectivity index is 2.16. The van der Waals surface area contributed by atoms with Crippen molar-refractivity contribution in [3.63, 3.8) is 0 Å². The van der Waals surface area contributed by atoms with E-state index in [1.165, 1.54) is 6.08 Å². The van der Waals surface area contributed by atoms with Crippen molar-refractivity contribution in [2.45, 2.75) is 20.0 Å². The van der Waals surface area contributed by atoms with Gasteiger partial charge in [0, 0.05) is 17.0 Å². The van der Waals surface area contributed by atoms with Crippen molar-refractivity contribution < 1.29 is 14.6 Å². The summed E-state index contributed by atoms with van der Waals surface area (Å²) in [4.78, 5) is 15.1. The Kier molecular flexibility index (Phi) is 5.52. The Morgan fingerprint density at radius 2 is 2.33 bits per heavy atom. The average molecular weight is 368 g/mol. The summed E-state index contributed by atoms with van der Waals surface area (Å²) >= 11 is 5.04. The molecule has 1 aromatic heterocycles. The van der Waals surface area contributed by atoms with E-state index >= 15 is 0 Å². The van der Waals surface area contributed by atoms with Gasteiger partial charge in [-0.05, 0) is 34.5 Å². The smallest absolute Gasteiger partial charge is 0.328 e. The number of para-hydroxylation sites is 1. The maximum Gasteiger partial charge on any atom is 0.328 e. The van der Waals surface area contributed by atoms with Crippen LogP contribution in [-0.4, -0.2) is 16.1 Å². The zero-order chi connectivity index (χ0) is 15.2. The lowest BCUT2D eigenvalue weighted by molar-refractivity contribution is -0.131. The molecule has 0 aliphatic rings. The molecule has 0 aliphatic carbocycles. The highest BCUT2D eigenvalue weighted by molar-refractivity contribution is 9.10. The number of nitrogens with zero attached hydrogens (tertiary/aromatic N) is 1. The largest absolute Gasteiger partial charge is 0.485 e. The van der Waals surface area contributed by atoms with Crippen LogP contribution in [0.25, 0.3) is 6.08 Å². The van der Waals surface area contributed by atoms with Gasteiger partial charge in [0.25, 0.3) is 0 Å². The maximum absolute atomic E-state index is 10.6. The standard InChI is InChI=1S/C15H14BrNO3S/c1-2-13-17-11(9-21-13)8-20-15-10(6-7-14(18)19)4-3-5-12(15)16/h3-7,9H,2,8H2,1H3,(H,18,19). The number of hydrogen-bond acceptors (Lipinski definition) is 4. The third-order valence-corrected chi connectivity index (χ3v) is 4.34. The molecule has 21 heavy (non-hydrogen) atoms. The van der Waals surface area contributed by atoms with Crippen molar-refractivity contribution in [2.75, 3.05) is 0 Å². The number of carboxylic acids is 1. The molecule has 1 aromatic carbocycles. The van der Waals surface area contributed by atoms with Gasteiger partial charge in [-0.15, -0.1) is 11.3 Å². The Labute approximate surface area is 135 Å². The first-order chi connectivity index (χ1) is 10.1. The second-order valence-electron chi connectivity index (χ2n) is 4.20. The summed E-state index contributed by atoms with van der Waals surface area (Å²) < 4.78 is 6.58. The predicted molar refractivity (Wildman–Crippen MR) is 86.6 cm³/mol. The number of aliphatic carboxylic acids is 1. The predicted octanol–water partition coefficient (Wildman–Crippen LogP) is 4.14. The zero-order valence-electron chi connectivity index (χ0n) is 11.4. The molecule has 0 unspecified atom stereocenters. The molecule has 0 spiro atoms. The first-order valence-electron chi connectivity index (χ1n) is 6.35. The molecule has 110 valence electrons. The molecule has 0 saturated carbocycles. The maximum atomic E-state index is 10.6. The summed E-state index contributed by atoms with van der Waals surface area (Å²) in [6, 6.07) is 5.49. The molecule has 2 rings (SSSR count). The SMILES string of the molecule is CCc1nc(COc2c(Br)cccc2C=CC(=O)O)cs1. The molecule has 4 nitrogen and oxygen atoms in total. The number of aryl methyl sites for hydroxylation is 1. The van der Waals surface area contributed by atoms with Gasteiger partial charge in [-0.2, -0.15) is 0 Å². The molecule has 6 heteroatoms. The van der Waals surface area contributed by atoms with Crippen LogP contribution in [0.4, 0.5) is 0 Å². The second-order valence-corrected chi connectivity index (χ2v) is 6.00. The van der Waals surface area contributed by atoms with E-state index in [0.29, 0.717) is 17.9 Å². The number of benzene rings is 1. The van der Waals surface area contributed by atoms with Gasteiger partial charge in [-0.25, -0.2) is 9.78 Å². The zero-order valence-corrected chi connectivity index (χ0v) is 13.8. The average Bonchev–Trinajstić information content (AvgIpc) is 2.92. The van der Waals surface area contributed by atoms with Crippen LogP contribution in [0.2, 0.25) is 0 Å². The minimum Gasteiger partial charge on any atom is -0.485 e. The molecule has 0 amide bonds. The number of carboxylic acid groups (broad SMARTS) is 1. The van der Waals surface area contributed by atoms with Crippen LogP contribution in [0.5, 0.6) is 5.75 Å². The van der Waals surface area contributed by atoms with Gasteiger partial charge in [-0.3, -0.25) is 0 Å². The van der Waals surface area contributed by atoms with Gasteiger partial charge in [0.2, 0.25) is 0 Å². The van der Waals surface area contributed by atoms with Crippen molar-refractivity contribution in [3.05, 3.63) is 50.4 Å². The van der Waals surface area contributed by atoms with Crippen molar-refractivity contribution >= 4 is 39.3 Å². The number of hydrogen-bond donors (Lipinski definition) is 1. The fourth-order valence-corrected chi connectivity index (χ4v) is 2.92. The van der Waals surface area contributed by atoms with E-state index in [2.05, 4.69) is 27.8 Å². The van der Waals surface area contributed by atoms with Crippen molar-refractivity contribution in [3.8, 4) is 5.75 Å². The summed E-state index contributed by atoms with van der Waals surface area (Å²) in [5.74, 6) is -0.380. The van der Waals surface area contributed by atoms with Gasteiger partial charge in [0.05, 0.1) is 15.2 Å². The van der Waals surface area contributed by atoms with Crippen LogP contribution in [0.3, 0.4) is 0 Å². The van der Waals surface area contributed by atoms with Crippen LogP contribution in [0.15, 0.2) is 34.1 Å². The van der Waals surface area contributed by atoms with Crippen LogP contribution in [0, 0.1) is 0 Å². The monoisotopic (exact) mass is 367 g/mol. The first-order valence-corrected chi connectivity index (χ1v) is 8.03. The quantitative estimate of drug-likeness (QED) is 0.779. The van der Waals surface area contributed by atoms with Crippen molar-refractivity contribution in [1.29, 1.82) is 0 Å². The Morgan fingerprint density at radius 3 is 3.00 bits per heavy atom. The lowest BCUT2D eigenvalue weighted by Gasteiger charge is -2.10. The molecule has 0 saturated heterocycles. The molecule has 1 heterocycles. The van der Waals surface area contributed by atoms with E-state index in [1.807, 2.05) is 17.5 Å². The molecule has 1 N–H and O–H groups in total. The lowest BCUT2D eigenvalue weighted by atomic mass is 10.2. The minimum absolute atomic E-state index is 0.354. The molecule has 0 fully saturated rings. The second kappa shape index (κ2) is 7.38. The van der Waals surface area contributed by atoms with Gasteiger partial charge in [0.1, 0.15) is 12.4 Å². The number of thiazole rings is 1. The Bertz CT molecular complexity index is 667. The number of ether oxygens (including phenoxy) is 1. The number of halogens is 1. The topological polar surface area (TPSA) is 59.4 Å². The molecule has 0 atom stereocenters. The first kappa shape index (κ1) is 15.7. The summed E-state index contributed by atoms with van der Waals surface area (Å²) in [7, 11) is 0. The number of rotatable bonds is 6. The Hall–Kier alpha value is -1.66. The molecule has 2 aromatic rings. The van der Waals surface area contributed by atoms with Crippen LogP contribution >= 0.6 is 27.3 Å². The normalized spacial score (nSPS) is 11.0. The van der Waals surface area contributed by atoms with Crippen LogP contribution < -0.4 is 4.74 Å². The van der Waals surface area contributed by atoms with E-state index in [9.17, 15) is 4.79 Å². The summed E-state index contributed by atoms with van der Waals surface area (Å²) in [6.45, 7) is 2.42. The van der Waals surface area contributed by atoms with Gasteiger partial charge < -0.3 is 9.84 Å². The van der Waals surface area contributed by atoms with E-state index in [4.69, 9.17) is 9.84 Å². The highest BCUT2D eigenvalue weighted by Crippen LogP contribution is 2.31. The third-order valence-electron chi connectivity index (χ3n) is 2.67. The van der Waals surface area contributed by atoms with E-state index in [1.54, 1.807) is 17.4 Å². The summed E-state index contributed by atoms with van der Waals surface area (Å²) in [6.07, 6.45) is 3.51. The van der Waals surface area contributed by atoms with E-state index in [0.717, 1.165) is 27.7 Å². The van der Waals surface area contributed by atoms with Gasteiger partial charge in [-0.1, -0.05) is 19.1 Å². The van der Waals surface area contributed by atoms with E-state index in [-0.39, 0.29) is 0 Å². The molecular weight excluding hydrogens is 354 g/mol. The fraction of sp³-hybridized carbons (Fsp3) is 0.200. The fourth-order valence-electron chi connectivity index (χ4n) is 1.69. The van der Waals surface area contributed by atoms with Gasteiger partial charge >= 0.3 is 5.97 Å². The van der Waals surface area contributed by atoms with Crippen molar-refractivity contribution in [1.82, 2.24) is 4.98 Å². The number of aromatic nitrogens is 1. The number of carbonyl (C=O) groups is 1. The van der Waals surface area contributed by atoms with Crippen LogP contribution in [0.1, 0.15) is 23.2 Å². The van der Waals surface area contributed by atoms with Crippen molar-refractivity contribution in [2.24, 2.45) is 0 Å². The minimum atomic E-state index is -0.993. The van der Waals surface area contributed by atoms with Gasteiger partial charge in [0.15, 0.2) is 0 Å². The highest BCUT2D eigenvalue weighted by atomic mass is 79.9. The summed E-state index contributed by atoms with van der Waals surface area (Å²) in [5.41, 5.74) is 1.58. The molecule has 0 radical (unpaired) electrons. The molecule has 0 aliphatic heterocycles. The highest BCUT2D eigenvalue weighted by Gasteiger charge is 2.08. The lowest BCUT2D eigenvalue weighted by Crippen LogP contribution is -1.99.